The Balaban J connectivity index is 1.83. The minimum atomic E-state index is -0.205. The Morgan fingerprint density at radius 3 is 2.67 bits per heavy atom. The molecule has 5 nitrogen and oxygen atoms in total. The van der Waals surface area contributed by atoms with Gasteiger partial charge in [-0.05, 0) is 17.7 Å². The van der Waals surface area contributed by atoms with E-state index in [0.29, 0.717) is 31.3 Å². The minimum Gasteiger partial charge on any atom is -0.378 e. The van der Waals surface area contributed by atoms with E-state index < -0.39 is 0 Å². The SMILES string of the molecule is O=C(N/N=C/c1ccc(Cl)cc1)N1CCOCC1. The Labute approximate surface area is 110 Å². The molecule has 0 atom stereocenters. The van der Waals surface area contributed by atoms with Crippen LogP contribution in [0.5, 0.6) is 0 Å². The number of carbonyl (C=O) groups is 1. The first kappa shape index (κ1) is 12.9. The van der Waals surface area contributed by atoms with Crippen molar-refractivity contribution in [2.24, 2.45) is 5.10 Å². The fourth-order valence-electron chi connectivity index (χ4n) is 1.55. The summed E-state index contributed by atoms with van der Waals surface area (Å²) in [7, 11) is 0. The normalized spacial score (nSPS) is 15.9. The van der Waals surface area contributed by atoms with Gasteiger partial charge in [-0.25, -0.2) is 10.2 Å². The lowest BCUT2D eigenvalue weighted by Gasteiger charge is -2.25. The maximum Gasteiger partial charge on any atom is 0.337 e. The van der Waals surface area contributed by atoms with Crippen LogP contribution in [0.3, 0.4) is 0 Å². The highest BCUT2D eigenvalue weighted by Gasteiger charge is 2.15. The minimum absolute atomic E-state index is 0.205. The van der Waals surface area contributed by atoms with Crippen LogP contribution in [0.2, 0.25) is 5.02 Å². The van der Waals surface area contributed by atoms with Crippen LogP contribution >= 0.6 is 11.6 Å². The van der Waals surface area contributed by atoms with Crippen molar-refractivity contribution in [3.63, 3.8) is 0 Å². The molecule has 0 bridgehead atoms. The molecule has 1 aliphatic heterocycles. The van der Waals surface area contributed by atoms with Crippen LogP contribution in [-0.4, -0.2) is 43.4 Å². The molecule has 0 spiro atoms. The summed E-state index contributed by atoms with van der Waals surface area (Å²) in [5.41, 5.74) is 3.36. The number of ether oxygens (including phenoxy) is 1. The molecule has 18 heavy (non-hydrogen) atoms. The fourth-order valence-corrected chi connectivity index (χ4v) is 1.67. The van der Waals surface area contributed by atoms with Gasteiger partial charge in [0.25, 0.3) is 0 Å². The van der Waals surface area contributed by atoms with E-state index >= 15 is 0 Å². The Morgan fingerprint density at radius 1 is 1.33 bits per heavy atom. The standard InChI is InChI=1S/C12H14ClN3O2/c13-11-3-1-10(2-4-11)9-14-15-12(17)16-5-7-18-8-6-16/h1-4,9H,5-8H2,(H,15,17)/b14-9+. The van der Waals surface area contributed by atoms with Gasteiger partial charge in [0.2, 0.25) is 0 Å². The molecule has 0 radical (unpaired) electrons. The molecule has 1 aromatic carbocycles. The summed E-state index contributed by atoms with van der Waals surface area (Å²) in [6.45, 7) is 2.35. The summed E-state index contributed by atoms with van der Waals surface area (Å²) in [6, 6.07) is 6.99. The quantitative estimate of drug-likeness (QED) is 0.655. The highest BCUT2D eigenvalue weighted by Crippen LogP contribution is 2.07. The van der Waals surface area contributed by atoms with E-state index in [1.165, 1.54) is 0 Å². The van der Waals surface area contributed by atoms with Crippen LogP contribution < -0.4 is 5.43 Å². The van der Waals surface area contributed by atoms with Crippen molar-refractivity contribution in [2.45, 2.75) is 0 Å². The van der Waals surface area contributed by atoms with Crippen molar-refractivity contribution in [1.82, 2.24) is 10.3 Å². The molecule has 2 rings (SSSR count). The highest BCUT2D eigenvalue weighted by molar-refractivity contribution is 6.30. The van der Waals surface area contributed by atoms with Crippen molar-refractivity contribution < 1.29 is 9.53 Å². The van der Waals surface area contributed by atoms with E-state index in [-0.39, 0.29) is 6.03 Å². The molecule has 1 saturated heterocycles. The van der Waals surface area contributed by atoms with Crippen LogP contribution in [0.15, 0.2) is 29.4 Å². The van der Waals surface area contributed by atoms with Crippen molar-refractivity contribution in [2.75, 3.05) is 26.3 Å². The number of hydrogen-bond acceptors (Lipinski definition) is 3. The molecule has 0 saturated carbocycles. The molecule has 1 aromatic rings. The summed E-state index contributed by atoms with van der Waals surface area (Å²) in [5, 5.41) is 4.57. The van der Waals surface area contributed by atoms with Gasteiger partial charge < -0.3 is 9.64 Å². The molecule has 0 aliphatic carbocycles. The average Bonchev–Trinajstić information content (AvgIpc) is 2.42. The summed E-state index contributed by atoms with van der Waals surface area (Å²) in [4.78, 5) is 13.3. The number of nitrogens with zero attached hydrogens (tertiary/aromatic N) is 2. The second kappa shape index (κ2) is 6.37. The van der Waals surface area contributed by atoms with Gasteiger partial charge >= 0.3 is 6.03 Å². The summed E-state index contributed by atoms with van der Waals surface area (Å²) in [5.74, 6) is 0. The second-order valence-corrected chi connectivity index (χ2v) is 4.26. The monoisotopic (exact) mass is 267 g/mol. The molecule has 2 amide bonds. The lowest BCUT2D eigenvalue weighted by molar-refractivity contribution is 0.0533. The lowest BCUT2D eigenvalue weighted by atomic mass is 10.2. The molecule has 0 aromatic heterocycles. The molecule has 96 valence electrons. The Bertz CT molecular complexity index is 427. The van der Waals surface area contributed by atoms with Crippen molar-refractivity contribution >= 4 is 23.8 Å². The zero-order chi connectivity index (χ0) is 12.8. The highest BCUT2D eigenvalue weighted by atomic mass is 35.5. The summed E-state index contributed by atoms with van der Waals surface area (Å²) >= 11 is 5.76. The van der Waals surface area contributed by atoms with Crippen LogP contribution in [0.4, 0.5) is 4.79 Å². The molecular formula is C12H14ClN3O2. The zero-order valence-corrected chi connectivity index (χ0v) is 10.6. The number of benzene rings is 1. The topological polar surface area (TPSA) is 53.9 Å². The maximum absolute atomic E-state index is 11.7. The zero-order valence-electron chi connectivity index (χ0n) is 9.80. The van der Waals surface area contributed by atoms with Crippen molar-refractivity contribution in [3.05, 3.63) is 34.9 Å². The fraction of sp³-hybridized carbons (Fsp3) is 0.333. The summed E-state index contributed by atoms with van der Waals surface area (Å²) < 4.78 is 5.16. The number of urea groups is 1. The number of rotatable bonds is 2. The van der Waals surface area contributed by atoms with Gasteiger partial charge in [-0.1, -0.05) is 23.7 Å². The van der Waals surface area contributed by atoms with Crippen molar-refractivity contribution in [3.8, 4) is 0 Å². The van der Waals surface area contributed by atoms with E-state index in [1.54, 1.807) is 23.2 Å². The first-order chi connectivity index (χ1) is 8.75. The number of hydrazone groups is 1. The first-order valence-electron chi connectivity index (χ1n) is 5.67. The van der Waals surface area contributed by atoms with Gasteiger partial charge in [0, 0.05) is 18.1 Å². The molecular weight excluding hydrogens is 254 g/mol. The smallest absolute Gasteiger partial charge is 0.337 e. The number of morpholine rings is 1. The third kappa shape index (κ3) is 3.72. The number of halogens is 1. The van der Waals surface area contributed by atoms with Gasteiger partial charge in [0.15, 0.2) is 0 Å². The lowest BCUT2D eigenvalue weighted by Crippen LogP contribution is -2.44. The molecule has 1 aliphatic rings. The van der Waals surface area contributed by atoms with E-state index in [9.17, 15) is 4.79 Å². The van der Waals surface area contributed by atoms with Crippen LogP contribution in [0.25, 0.3) is 0 Å². The maximum atomic E-state index is 11.7. The van der Waals surface area contributed by atoms with Crippen LogP contribution in [0, 0.1) is 0 Å². The molecule has 0 unspecified atom stereocenters. The predicted octanol–water partition coefficient (Wildman–Crippen LogP) is 1.72. The number of carbonyl (C=O) groups excluding carboxylic acids is 1. The number of hydrogen-bond donors (Lipinski definition) is 1. The van der Waals surface area contributed by atoms with E-state index in [4.69, 9.17) is 16.3 Å². The second-order valence-electron chi connectivity index (χ2n) is 3.83. The van der Waals surface area contributed by atoms with E-state index in [2.05, 4.69) is 10.5 Å². The van der Waals surface area contributed by atoms with Gasteiger partial charge in [0.1, 0.15) is 0 Å². The molecule has 1 heterocycles. The number of amides is 2. The third-order valence-electron chi connectivity index (χ3n) is 2.54. The van der Waals surface area contributed by atoms with Crippen LogP contribution in [0.1, 0.15) is 5.56 Å². The largest absolute Gasteiger partial charge is 0.378 e. The van der Waals surface area contributed by atoms with E-state index in [0.717, 1.165) is 5.56 Å². The Kier molecular flexibility index (Phi) is 4.55. The van der Waals surface area contributed by atoms with Gasteiger partial charge in [-0.15, -0.1) is 0 Å². The molecule has 1 fully saturated rings. The molecule has 1 N–H and O–H groups in total. The van der Waals surface area contributed by atoms with Crippen molar-refractivity contribution in [1.29, 1.82) is 0 Å². The van der Waals surface area contributed by atoms with Crippen LogP contribution in [-0.2, 0) is 4.74 Å². The third-order valence-corrected chi connectivity index (χ3v) is 2.79. The Hall–Kier alpha value is -1.59. The predicted molar refractivity (Wildman–Crippen MR) is 70.0 cm³/mol. The first-order valence-corrected chi connectivity index (χ1v) is 6.05. The number of nitrogens with one attached hydrogen (secondary N) is 1. The van der Waals surface area contributed by atoms with Gasteiger partial charge in [-0.3, -0.25) is 0 Å². The van der Waals surface area contributed by atoms with Gasteiger partial charge in [0.05, 0.1) is 19.4 Å². The average molecular weight is 268 g/mol. The summed E-state index contributed by atoms with van der Waals surface area (Å²) in [6.07, 6.45) is 1.58. The Morgan fingerprint density at radius 2 is 2.00 bits per heavy atom. The molecule has 6 heteroatoms. The van der Waals surface area contributed by atoms with Gasteiger partial charge in [-0.2, -0.15) is 5.10 Å². The van der Waals surface area contributed by atoms with E-state index in [1.807, 2.05) is 12.1 Å².